The average molecular weight is 310 g/mol. The molecule has 2 saturated carbocycles. The van der Waals surface area contributed by atoms with E-state index in [4.69, 9.17) is 4.74 Å². The predicted molar refractivity (Wildman–Crippen MR) is 96.0 cm³/mol. The second-order valence-corrected chi connectivity index (χ2v) is 7.83. The van der Waals surface area contributed by atoms with Crippen LogP contribution in [0.2, 0.25) is 0 Å². The smallest absolute Gasteiger partial charge is 0.104 e. The molecule has 1 unspecified atom stereocenters. The Kier molecular flexibility index (Phi) is 4.73. The summed E-state index contributed by atoms with van der Waals surface area (Å²) in [6.45, 7) is 0.936. The maximum absolute atomic E-state index is 6.34. The third-order valence-electron chi connectivity index (χ3n) is 6.27. The first kappa shape index (κ1) is 15.3. The zero-order valence-electron chi connectivity index (χ0n) is 14.3. The number of allylic oxidation sites excluding steroid dienone is 7. The average Bonchev–Trinajstić information content (AvgIpc) is 3.15. The summed E-state index contributed by atoms with van der Waals surface area (Å²) >= 11 is 0. The van der Waals surface area contributed by atoms with Crippen LogP contribution in [0.1, 0.15) is 64.2 Å². The van der Waals surface area contributed by atoms with E-state index in [9.17, 15) is 0 Å². The summed E-state index contributed by atoms with van der Waals surface area (Å²) in [5.74, 6) is 3.31. The third-order valence-corrected chi connectivity index (χ3v) is 6.27. The van der Waals surface area contributed by atoms with Crippen LogP contribution in [0.4, 0.5) is 0 Å². The SMILES string of the molecule is C1=CCC2C(OCC3CCCCC3)=CC=C(C3CCCC3)C2=C1. The van der Waals surface area contributed by atoms with E-state index in [0.29, 0.717) is 5.92 Å². The normalized spacial score (nSPS) is 28.9. The largest absolute Gasteiger partial charge is 0.497 e. The number of rotatable bonds is 4. The van der Waals surface area contributed by atoms with Gasteiger partial charge in [-0.1, -0.05) is 56.4 Å². The number of fused-ring (bicyclic) bond motifs is 1. The summed E-state index contributed by atoms with van der Waals surface area (Å²) in [4.78, 5) is 0. The summed E-state index contributed by atoms with van der Waals surface area (Å²) in [5, 5.41) is 0. The van der Waals surface area contributed by atoms with E-state index in [2.05, 4.69) is 30.4 Å². The second-order valence-electron chi connectivity index (χ2n) is 7.83. The Bertz CT molecular complexity index is 536. The Morgan fingerprint density at radius 3 is 2.43 bits per heavy atom. The number of ether oxygens (including phenoxy) is 1. The van der Waals surface area contributed by atoms with Crippen LogP contribution < -0.4 is 0 Å². The molecule has 4 aliphatic rings. The Morgan fingerprint density at radius 2 is 1.61 bits per heavy atom. The molecular weight excluding hydrogens is 280 g/mol. The van der Waals surface area contributed by atoms with Crippen molar-refractivity contribution in [3.63, 3.8) is 0 Å². The van der Waals surface area contributed by atoms with Crippen molar-refractivity contribution in [3.05, 3.63) is 47.3 Å². The van der Waals surface area contributed by atoms with Gasteiger partial charge in [0.2, 0.25) is 0 Å². The zero-order valence-corrected chi connectivity index (χ0v) is 14.3. The summed E-state index contributed by atoms with van der Waals surface area (Å²) in [6, 6.07) is 0. The molecule has 0 aromatic rings. The van der Waals surface area contributed by atoms with E-state index >= 15 is 0 Å². The van der Waals surface area contributed by atoms with Gasteiger partial charge >= 0.3 is 0 Å². The minimum Gasteiger partial charge on any atom is -0.497 e. The fourth-order valence-corrected chi connectivity index (χ4v) is 4.91. The maximum atomic E-state index is 6.34. The van der Waals surface area contributed by atoms with Crippen molar-refractivity contribution in [3.8, 4) is 0 Å². The fourth-order valence-electron chi connectivity index (χ4n) is 4.91. The molecule has 0 aromatic heterocycles. The quantitative estimate of drug-likeness (QED) is 0.609. The van der Waals surface area contributed by atoms with Gasteiger partial charge in [0.05, 0.1) is 6.61 Å². The van der Waals surface area contributed by atoms with Crippen molar-refractivity contribution in [2.75, 3.05) is 6.61 Å². The van der Waals surface area contributed by atoms with Gasteiger partial charge in [-0.3, -0.25) is 0 Å². The maximum Gasteiger partial charge on any atom is 0.104 e. The van der Waals surface area contributed by atoms with Crippen LogP contribution in [-0.2, 0) is 4.74 Å². The molecule has 1 heteroatoms. The molecule has 1 nitrogen and oxygen atoms in total. The summed E-state index contributed by atoms with van der Waals surface area (Å²) in [7, 11) is 0. The van der Waals surface area contributed by atoms with Gasteiger partial charge in [-0.2, -0.15) is 0 Å². The van der Waals surface area contributed by atoms with Crippen molar-refractivity contribution >= 4 is 0 Å². The van der Waals surface area contributed by atoms with E-state index < -0.39 is 0 Å². The molecule has 4 rings (SSSR count). The van der Waals surface area contributed by atoms with Crippen molar-refractivity contribution < 1.29 is 4.74 Å². The molecule has 2 fully saturated rings. The first-order valence-electron chi connectivity index (χ1n) is 9.83. The molecule has 23 heavy (non-hydrogen) atoms. The standard InChI is InChI=1S/C22H30O/c1-2-8-17(9-3-1)16-23-22-15-14-19(18-10-4-5-11-18)20-12-6-7-13-21(20)22/h6-7,12,14-15,17-18,21H,1-5,8-11,13,16H2. The van der Waals surface area contributed by atoms with Gasteiger partial charge in [0.15, 0.2) is 0 Å². The lowest BCUT2D eigenvalue weighted by Crippen LogP contribution is -2.21. The molecule has 4 aliphatic carbocycles. The van der Waals surface area contributed by atoms with E-state index in [1.54, 1.807) is 11.1 Å². The summed E-state index contributed by atoms with van der Waals surface area (Å²) in [6.07, 6.45) is 25.2. The highest BCUT2D eigenvalue weighted by Crippen LogP contribution is 2.44. The predicted octanol–water partition coefficient (Wildman–Crippen LogP) is 6.10. The molecule has 1 atom stereocenters. The van der Waals surface area contributed by atoms with E-state index in [1.165, 1.54) is 63.5 Å². The first-order valence-corrected chi connectivity index (χ1v) is 9.83. The number of hydrogen-bond acceptors (Lipinski definition) is 1. The van der Waals surface area contributed by atoms with Crippen LogP contribution in [0.25, 0.3) is 0 Å². The van der Waals surface area contributed by atoms with Crippen molar-refractivity contribution in [2.45, 2.75) is 64.2 Å². The van der Waals surface area contributed by atoms with Crippen LogP contribution in [0.3, 0.4) is 0 Å². The Labute approximate surface area is 141 Å². The molecular formula is C22H30O. The van der Waals surface area contributed by atoms with Crippen LogP contribution in [0.15, 0.2) is 47.3 Å². The summed E-state index contributed by atoms with van der Waals surface area (Å²) in [5.41, 5.74) is 3.17. The molecule has 124 valence electrons. The highest BCUT2D eigenvalue weighted by molar-refractivity contribution is 5.48. The van der Waals surface area contributed by atoms with Gasteiger partial charge in [0.1, 0.15) is 5.76 Å². The lowest BCUT2D eigenvalue weighted by atomic mass is 9.76. The highest BCUT2D eigenvalue weighted by Gasteiger charge is 2.31. The third kappa shape index (κ3) is 3.34. The van der Waals surface area contributed by atoms with Crippen molar-refractivity contribution in [1.82, 2.24) is 0 Å². The molecule has 0 bridgehead atoms. The Hall–Kier alpha value is -1.24. The summed E-state index contributed by atoms with van der Waals surface area (Å²) < 4.78 is 6.34. The minimum atomic E-state index is 0.490. The van der Waals surface area contributed by atoms with Gasteiger partial charge in [0.25, 0.3) is 0 Å². The van der Waals surface area contributed by atoms with Crippen LogP contribution in [0, 0.1) is 17.8 Å². The zero-order chi connectivity index (χ0) is 15.5. The van der Waals surface area contributed by atoms with Gasteiger partial charge in [-0.05, 0) is 61.2 Å². The first-order chi connectivity index (χ1) is 11.4. The lowest BCUT2D eigenvalue weighted by Gasteiger charge is -2.32. The fraction of sp³-hybridized carbons (Fsp3) is 0.636. The molecule has 0 spiro atoms. The van der Waals surface area contributed by atoms with Crippen LogP contribution >= 0.6 is 0 Å². The van der Waals surface area contributed by atoms with Crippen LogP contribution in [0.5, 0.6) is 0 Å². The molecule has 0 radical (unpaired) electrons. The van der Waals surface area contributed by atoms with Gasteiger partial charge < -0.3 is 4.74 Å². The van der Waals surface area contributed by atoms with Gasteiger partial charge in [-0.15, -0.1) is 0 Å². The van der Waals surface area contributed by atoms with E-state index in [1.807, 2.05) is 0 Å². The number of hydrogen-bond donors (Lipinski definition) is 0. The van der Waals surface area contributed by atoms with Crippen LogP contribution in [-0.4, -0.2) is 6.61 Å². The van der Waals surface area contributed by atoms with E-state index in [0.717, 1.165) is 24.9 Å². The Morgan fingerprint density at radius 1 is 0.826 bits per heavy atom. The van der Waals surface area contributed by atoms with Crippen molar-refractivity contribution in [2.24, 2.45) is 17.8 Å². The molecule has 0 aromatic carbocycles. The van der Waals surface area contributed by atoms with Gasteiger partial charge in [-0.25, -0.2) is 0 Å². The molecule has 0 heterocycles. The molecule has 0 aliphatic heterocycles. The second kappa shape index (κ2) is 7.11. The molecule has 0 N–H and O–H groups in total. The highest BCUT2D eigenvalue weighted by atomic mass is 16.5. The van der Waals surface area contributed by atoms with Gasteiger partial charge in [0, 0.05) is 5.92 Å². The minimum absolute atomic E-state index is 0.490. The molecule has 0 amide bonds. The lowest BCUT2D eigenvalue weighted by molar-refractivity contribution is 0.124. The Balaban J connectivity index is 1.48. The topological polar surface area (TPSA) is 9.23 Å². The van der Waals surface area contributed by atoms with Crippen molar-refractivity contribution in [1.29, 1.82) is 0 Å². The monoisotopic (exact) mass is 310 g/mol. The van der Waals surface area contributed by atoms with E-state index in [-0.39, 0.29) is 0 Å². The molecule has 0 saturated heterocycles.